The molecular weight excluding hydrogens is 261 g/mol. The number of ether oxygens (including phenoxy) is 1. The lowest BCUT2D eigenvalue weighted by Crippen LogP contribution is -2.45. The molecule has 4 heteroatoms. The maximum Gasteiger partial charge on any atom is 0.128 e. The predicted octanol–water partition coefficient (Wildman–Crippen LogP) is 3.61. The minimum absolute atomic E-state index is 0.145. The second-order valence-electron chi connectivity index (χ2n) is 5.31. The quantitative estimate of drug-likeness (QED) is 0.825. The number of halogens is 1. The molecule has 0 N–H and O–H groups in total. The van der Waals surface area contributed by atoms with Crippen molar-refractivity contribution in [3.05, 3.63) is 35.6 Å². The molecule has 2 nitrogen and oxygen atoms in total. The van der Waals surface area contributed by atoms with E-state index in [9.17, 15) is 4.39 Å². The Morgan fingerprint density at radius 2 is 2.21 bits per heavy atom. The second-order valence-corrected chi connectivity index (χ2v) is 6.19. The monoisotopic (exact) mass is 279 g/mol. The molecule has 3 atom stereocenters. The zero-order valence-electron chi connectivity index (χ0n) is 11.0. The van der Waals surface area contributed by atoms with E-state index in [4.69, 9.17) is 9.73 Å². The average molecular weight is 279 g/mol. The fourth-order valence-corrected chi connectivity index (χ4v) is 4.35. The molecule has 0 bridgehead atoms. The van der Waals surface area contributed by atoms with Gasteiger partial charge in [0, 0.05) is 24.8 Å². The Hall–Kier alpha value is -0.870. The maximum atomic E-state index is 14.2. The third-order valence-corrected chi connectivity index (χ3v) is 5.23. The fourth-order valence-electron chi connectivity index (χ4n) is 3.32. The molecule has 1 aliphatic carbocycles. The summed E-state index contributed by atoms with van der Waals surface area (Å²) in [6, 6.07) is 7.06. The number of methoxy groups -OCH3 is 1. The third-order valence-electron chi connectivity index (χ3n) is 4.38. The SMILES string of the molecule is CO[C@H]1CC[C@H]2CSC=N[C@@]2(c2ccccc2F)C1. The maximum absolute atomic E-state index is 14.2. The van der Waals surface area contributed by atoms with Crippen LogP contribution in [0.5, 0.6) is 0 Å². The van der Waals surface area contributed by atoms with Gasteiger partial charge in [0.05, 0.1) is 17.2 Å². The van der Waals surface area contributed by atoms with Crippen LogP contribution >= 0.6 is 11.8 Å². The van der Waals surface area contributed by atoms with Gasteiger partial charge in [-0.25, -0.2) is 4.39 Å². The molecule has 0 amide bonds. The molecule has 2 aliphatic rings. The Labute approximate surface area is 117 Å². The van der Waals surface area contributed by atoms with Gasteiger partial charge in [0.1, 0.15) is 5.82 Å². The Kier molecular flexibility index (Phi) is 3.63. The van der Waals surface area contributed by atoms with Gasteiger partial charge in [-0.1, -0.05) is 18.2 Å². The third kappa shape index (κ3) is 2.21. The number of thioether (sulfide) groups is 1. The molecule has 0 aromatic heterocycles. The van der Waals surface area contributed by atoms with Crippen LogP contribution in [-0.2, 0) is 10.3 Å². The highest BCUT2D eigenvalue weighted by molar-refractivity contribution is 8.12. The summed E-state index contributed by atoms with van der Waals surface area (Å²) < 4.78 is 19.8. The molecule has 1 fully saturated rings. The zero-order chi connectivity index (χ0) is 13.3. The van der Waals surface area contributed by atoms with Gasteiger partial charge in [-0.2, -0.15) is 0 Å². The topological polar surface area (TPSA) is 21.6 Å². The van der Waals surface area contributed by atoms with Crippen molar-refractivity contribution < 1.29 is 9.13 Å². The summed E-state index contributed by atoms with van der Waals surface area (Å²) in [5.41, 5.74) is 2.20. The van der Waals surface area contributed by atoms with Crippen LogP contribution in [0.1, 0.15) is 24.8 Å². The first kappa shape index (κ1) is 13.1. The van der Waals surface area contributed by atoms with Crippen LogP contribution in [-0.4, -0.2) is 24.5 Å². The van der Waals surface area contributed by atoms with Crippen molar-refractivity contribution in [2.45, 2.75) is 30.9 Å². The number of fused-ring (bicyclic) bond motifs is 1. The van der Waals surface area contributed by atoms with Gasteiger partial charge >= 0.3 is 0 Å². The molecule has 1 aromatic rings. The highest BCUT2D eigenvalue weighted by Gasteiger charge is 2.47. The van der Waals surface area contributed by atoms with E-state index in [1.807, 2.05) is 17.7 Å². The van der Waals surface area contributed by atoms with Gasteiger partial charge in [-0.05, 0) is 24.8 Å². The summed E-state index contributed by atoms with van der Waals surface area (Å²) in [6.07, 6.45) is 3.06. The van der Waals surface area contributed by atoms with Gasteiger partial charge in [0.25, 0.3) is 0 Å². The lowest BCUT2D eigenvalue weighted by Gasteiger charge is -2.45. The van der Waals surface area contributed by atoms with Crippen LogP contribution in [0.25, 0.3) is 0 Å². The van der Waals surface area contributed by atoms with E-state index in [1.54, 1.807) is 24.9 Å². The summed E-state index contributed by atoms with van der Waals surface area (Å²) in [5.74, 6) is 1.29. The van der Waals surface area contributed by atoms with Crippen molar-refractivity contribution in [2.75, 3.05) is 12.9 Å². The number of aliphatic imine (C=N–C) groups is 1. The first-order valence-electron chi connectivity index (χ1n) is 6.69. The Bertz CT molecular complexity index is 493. The first-order valence-corrected chi connectivity index (χ1v) is 7.74. The van der Waals surface area contributed by atoms with Crippen molar-refractivity contribution in [1.29, 1.82) is 0 Å². The molecule has 102 valence electrons. The molecule has 0 saturated heterocycles. The molecule has 1 aliphatic heterocycles. The van der Waals surface area contributed by atoms with Crippen LogP contribution in [0, 0.1) is 11.7 Å². The highest BCUT2D eigenvalue weighted by Crippen LogP contribution is 2.49. The molecule has 1 saturated carbocycles. The Morgan fingerprint density at radius 3 is 3.00 bits per heavy atom. The summed E-state index contributed by atoms with van der Waals surface area (Å²) in [4.78, 5) is 4.73. The normalized spacial score (nSPS) is 34.0. The van der Waals surface area contributed by atoms with Gasteiger partial charge in [0.2, 0.25) is 0 Å². The van der Waals surface area contributed by atoms with Crippen molar-refractivity contribution in [3.8, 4) is 0 Å². The van der Waals surface area contributed by atoms with Gasteiger partial charge in [-0.3, -0.25) is 4.99 Å². The van der Waals surface area contributed by atoms with Gasteiger partial charge in [-0.15, -0.1) is 11.8 Å². The number of benzene rings is 1. The molecule has 0 unspecified atom stereocenters. The van der Waals surface area contributed by atoms with Gasteiger partial charge < -0.3 is 4.74 Å². The zero-order valence-corrected chi connectivity index (χ0v) is 11.8. The molecule has 1 heterocycles. The average Bonchev–Trinajstić information content (AvgIpc) is 2.47. The van der Waals surface area contributed by atoms with Crippen LogP contribution < -0.4 is 0 Å². The molecular formula is C15H18FNOS. The van der Waals surface area contributed by atoms with Crippen LogP contribution in [0.15, 0.2) is 29.3 Å². The predicted molar refractivity (Wildman–Crippen MR) is 77.2 cm³/mol. The number of hydrogen-bond acceptors (Lipinski definition) is 3. The minimum Gasteiger partial charge on any atom is -0.381 e. The Morgan fingerprint density at radius 1 is 1.37 bits per heavy atom. The van der Waals surface area contributed by atoms with E-state index in [0.717, 1.165) is 30.6 Å². The van der Waals surface area contributed by atoms with E-state index in [-0.39, 0.29) is 11.9 Å². The molecule has 19 heavy (non-hydrogen) atoms. The van der Waals surface area contributed by atoms with Crippen LogP contribution in [0.4, 0.5) is 4.39 Å². The number of hydrogen-bond donors (Lipinski definition) is 0. The number of nitrogens with zero attached hydrogens (tertiary/aromatic N) is 1. The van der Waals surface area contributed by atoms with E-state index >= 15 is 0 Å². The van der Waals surface area contributed by atoms with E-state index < -0.39 is 5.54 Å². The highest BCUT2D eigenvalue weighted by atomic mass is 32.2. The summed E-state index contributed by atoms with van der Waals surface area (Å²) in [6.45, 7) is 0. The molecule has 0 spiro atoms. The van der Waals surface area contributed by atoms with Crippen LogP contribution in [0.2, 0.25) is 0 Å². The Balaban J connectivity index is 2.07. The van der Waals surface area contributed by atoms with Crippen molar-refractivity contribution in [3.63, 3.8) is 0 Å². The number of rotatable bonds is 2. The van der Waals surface area contributed by atoms with Crippen LogP contribution in [0.3, 0.4) is 0 Å². The summed E-state index contributed by atoms with van der Waals surface area (Å²) in [7, 11) is 1.74. The molecule has 1 aromatic carbocycles. The smallest absolute Gasteiger partial charge is 0.128 e. The summed E-state index contributed by atoms with van der Waals surface area (Å²) >= 11 is 1.73. The second kappa shape index (κ2) is 5.25. The minimum atomic E-state index is -0.421. The van der Waals surface area contributed by atoms with E-state index in [0.29, 0.717) is 5.92 Å². The molecule has 3 rings (SSSR count). The largest absolute Gasteiger partial charge is 0.381 e. The van der Waals surface area contributed by atoms with Crippen molar-refractivity contribution >= 4 is 17.3 Å². The van der Waals surface area contributed by atoms with E-state index in [1.165, 1.54) is 6.07 Å². The molecule has 0 radical (unpaired) electrons. The lowest BCUT2D eigenvalue weighted by atomic mass is 9.68. The van der Waals surface area contributed by atoms with Gasteiger partial charge in [0.15, 0.2) is 0 Å². The van der Waals surface area contributed by atoms with E-state index in [2.05, 4.69) is 0 Å². The van der Waals surface area contributed by atoms with Crippen molar-refractivity contribution in [1.82, 2.24) is 0 Å². The van der Waals surface area contributed by atoms with Crippen molar-refractivity contribution in [2.24, 2.45) is 10.9 Å². The summed E-state index contributed by atoms with van der Waals surface area (Å²) in [5, 5.41) is 0. The first-order chi connectivity index (χ1) is 9.26. The fraction of sp³-hybridized carbons (Fsp3) is 0.533. The standard InChI is InChI=1S/C15H18FNOS/c1-18-12-7-6-11-9-19-10-17-15(11,8-12)13-4-2-3-5-14(13)16/h2-5,10-12H,6-9H2,1H3/t11-,12-,15-/m0/s1. The lowest BCUT2D eigenvalue weighted by molar-refractivity contribution is 0.0195.